The Kier molecular flexibility index (Phi) is 3.37. The van der Waals surface area contributed by atoms with E-state index in [1.165, 1.54) is 0 Å². The second kappa shape index (κ2) is 5.05. The molecule has 1 spiro atoms. The maximum Gasteiger partial charge on any atom is 0.322 e. The number of imide groups is 1. The Bertz CT molecular complexity index is 447. The number of rotatable bonds is 2. The van der Waals surface area contributed by atoms with Crippen molar-refractivity contribution in [2.75, 3.05) is 26.2 Å². The molecule has 3 heterocycles. The summed E-state index contributed by atoms with van der Waals surface area (Å²) in [5, 5.41) is 8.22. The highest BCUT2D eigenvalue weighted by molar-refractivity contribution is 6.07. The average molecular weight is 280 g/mol. The third-order valence-electron chi connectivity index (χ3n) is 4.50. The first-order valence-corrected chi connectivity index (χ1v) is 7.21. The number of nitrogens with zero attached hydrogens (tertiary/aromatic N) is 1. The Labute approximate surface area is 117 Å². The van der Waals surface area contributed by atoms with Gasteiger partial charge in [-0.25, -0.2) is 4.79 Å². The van der Waals surface area contributed by atoms with Crippen LogP contribution in [0.15, 0.2) is 0 Å². The lowest BCUT2D eigenvalue weighted by Crippen LogP contribution is -2.49. The molecule has 0 aromatic rings. The highest BCUT2D eigenvalue weighted by atomic mass is 16.2. The van der Waals surface area contributed by atoms with Crippen LogP contribution in [0.2, 0.25) is 0 Å². The monoisotopic (exact) mass is 280 g/mol. The van der Waals surface area contributed by atoms with Gasteiger partial charge in [-0.05, 0) is 38.3 Å². The average Bonchev–Trinajstić information content (AvgIpc) is 2.96. The summed E-state index contributed by atoms with van der Waals surface area (Å²) in [5.41, 5.74) is -0.891. The van der Waals surface area contributed by atoms with Crippen molar-refractivity contribution in [2.45, 2.75) is 31.2 Å². The van der Waals surface area contributed by atoms with Gasteiger partial charge in [-0.3, -0.25) is 14.9 Å². The molecule has 7 nitrogen and oxygen atoms in total. The normalized spacial score (nSPS) is 33.4. The molecule has 3 fully saturated rings. The molecule has 3 N–H and O–H groups in total. The summed E-state index contributed by atoms with van der Waals surface area (Å²) >= 11 is 0. The van der Waals surface area contributed by atoms with Gasteiger partial charge in [0.05, 0.1) is 6.54 Å². The molecule has 7 heteroatoms. The third-order valence-corrected chi connectivity index (χ3v) is 4.50. The van der Waals surface area contributed by atoms with Crippen LogP contribution in [0, 0.1) is 5.92 Å². The zero-order valence-corrected chi connectivity index (χ0v) is 11.4. The zero-order valence-electron chi connectivity index (χ0n) is 11.4. The van der Waals surface area contributed by atoms with E-state index in [-0.39, 0.29) is 11.8 Å². The van der Waals surface area contributed by atoms with Crippen LogP contribution in [-0.4, -0.2) is 54.5 Å². The molecule has 20 heavy (non-hydrogen) atoms. The van der Waals surface area contributed by atoms with E-state index in [2.05, 4.69) is 16.0 Å². The molecule has 3 rings (SSSR count). The maximum absolute atomic E-state index is 12.3. The Balaban J connectivity index is 1.58. The SMILES string of the molecule is O=C1NC(=O)C2(CCN(C(=O)CC3CCCNC3)C2)N1. The van der Waals surface area contributed by atoms with E-state index in [9.17, 15) is 14.4 Å². The van der Waals surface area contributed by atoms with Crippen LogP contribution in [0.4, 0.5) is 4.79 Å². The molecular weight excluding hydrogens is 260 g/mol. The van der Waals surface area contributed by atoms with E-state index < -0.39 is 11.6 Å². The van der Waals surface area contributed by atoms with Gasteiger partial charge in [0, 0.05) is 13.0 Å². The van der Waals surface area contributed by atoms with Gasteiger partial charge in [-0.15, -0.1) is 0 Å². The minimum atomic E-state index is -0.891. The summed E-state index contributed by atoms with van der Waals surface area (Å²) in [4.78, 5) is 37.1. The van der Waals surface area contributed by atoms with Crippen molar-refractivity contribution in [1.82, 2.24) is 20.9 Å². The first-order chi connectivity index (χ1) is 9.59. The van der Waals surface area contributed by atoms with Gasteiger partial charge in [-0.1, -0.05) is 0 Å². The van der Waals surface area contributed by atoms with Crippen molar-refractivity contribution in [1.29, 1.82) is 0 Å². The van der Waals surface area contributed by atoms with Crippen LogP contribution < -0.4 is 16.0 Å². The summed E-state index contributed by atoms with van der Waals surface area (Å²) in [6.07, 6.45) is 3.22. The van der Waals surface area contributed by atoms with E-state index in [4.69, 9.17) is 0 Å². The van der Waals surface area contributed by atoms with Gasteiger partial charge in [0.1, 0.15) is 5.54 Å². The number of hydrogen-bond donors (Lipinski definition) is 3. The van der Waals surface area contributed by atoms with E-state index in [1.807, 2.05) is 0 Å². The van der Waals surface area contributed by atoms with Gasteiger partial charge in [0.25, 0.3) is 5.91 Å². The largest absolute Gasteiger partial charge is 0.340 e. The number of piperidine rings is 1. The predicted molar refractivity (Wildman–Crippen MR) is 70.8 cm³/mol. The summed E-state index contributed by atoms with van der Waals surface area (Å²) in [6, 6.07) is -0.458. The molecule has 0 saturated carbocycles. The summed E-state index contributed by atoms with van der Waals surface area (Å²) in [5.74, 6) is 0.168. The van der Waals surface area contributed by atoms with Crippen molar-refractivity contribution in [3.05, 3.63) is 0 Å². The standard InChI is InChI=1S/C13H20N4O3/c18-10(6-9-2-1-4-14-7-9)17-5-3-13(8-17)11(19)15-12(20)16-13/h9,14H,1-8H2,(H2,15,16,19,20). The van der Waals surface area contributed by atoms with Gasteiger partial charge in [-0.2, -0.15) is 0 Å². The Morgan fingerprint density at radius 2 is 2.25 bits per heavy atom. The maximum atomic E-state index is 12.3. The van der Waals surface area contributed by atoms with Crippen molar-refractivity contribution in [3.8, 4) is 0 Å². The number of amides is 4. The lowest BCUT2D eigenvalue weighted by molar-refractivity contribution is -0.131. The first-order valence-electron chi connectivity index (χ1n) is 7.21. The third kappa shape index (κ3) is 2.37. The van der Waals surface area contributed by atoms with Crippen molar-refractivity contribution in [3.63, 3.8) is 0 Å². The van der Waals surface area contributed by atoms with Crippen LogP contribution in [0.25, 0.3) is 0 Å². The van der Waals surface area contributed by atoms with E-state index in [1.54, 1.807) is 4.90 Å². The number of likely N-dealkylation sites (tertiary alicyclic amines) is 1. The molecule has 0 aromatic heterocycles. The van der Waals surface area contributed by atoms with Gasteiger partial charge < -0.3 is 15.5 Å². The summed E-state index contributed by atoms with van der Waals surface area (Å²) in [6.45, 7) is 2.75. The minimum Gasteiger partial charge on any atom is -0.340 e. The minimum absolute atomic E-state index is 0.0875. The van der Waals surface area contributed by atoms with Gasteiger partial charge in [0.2, 0.25) is 5.91 Å². The highest BCUT2D eigenvalue weighted by Gasteiger charge is 2.51. The molecular formula is C13H20N4O3. The van der Waals surface area contributed by atoms with Gasteiger partial charge in [0.15, 0.2) is 0 Å². The van der Waals surface area contributed by atoms with Crippen molar-refractivity contribution >= 4 is 17.8 Å². The van der Waals surface area contributed by atoms with Crippen LogP contribution in [-0.2, 0) is 9.59 Å². The predicted octanol–water partition coefficient (Wildman–Crippen LogP) is -0.813. The quantitative estimate of drug-likeness (QED) is 0.577. The molecule has 0 aromatic carbocycles. The second-order valence-electron chi connectivity index (χ2n) is 5.97. The van der Waals surface area contributed by atoms with Crippen LogP contribution in [0.5, 0.6) is 0 Å². The number of carbonyl (C=O) groups excluding carboxylic acids is 3. The smallest absolute Gasteiger partial charge is 0.322 e. The molecule has 3 aliphatic heterocycles. The summed E-state index contributed by atoms with van der Waals surface area (Å²) in [7, 11) is 0. The molecule has 3 aliphatic rings. The number of urea groups is 1. The molecule has 0 radical (unpaired) electrons. The van der Waals surface area contributed by atoms with Crippen molar-refractivity contribution < 1.29 is 14.4 Å². The molecule has 2 atom stereocenters. The molecule has 4 amide bonds. The van der Waals surface area contributed by atoms with E-state index in [0.29, 0.717) is 31.8 Å². The number of carbonyl (C=O) groups is 3. The van der Waals surface area contributed by atoms with Gasteiger partial charge >= 0.3 is 6.03 Å². The van der Waals surface area contributed by atoms with Crippen LogP contribution in [0.1, 0.15) is 25.7 Å². The second-order valence-corrected chi connectivity index (χ2v) is 5.97. The zero-order chi connectivity index (χ0) is 14.2. The molecule has 110 valence electrons. The van der Waals surface area contributed by atoms with Crippen molar-refractivity contribution in [2.24, 2.45) is 5.92 Å². The topological polar surface area (TPSA) is 90.5 Å². The highest BCUT2D eigenvalue weighted by Crippen LogP contribution is 2.26. The van der Waals surface area contributed by atoms with E-state index >= 15 is 0 Å². The summed E-state index contributed by atoms with van der Waals surface area (Å²) < 4.78 is 0. The fourth-order valence-corrected chi connectivity index (χ4v) is 3.31. The molecule has 0 aliphatic carbocycles. The Morgan fingerprint density at radius 1 is 1.40 bits per heavy atom. The van der Waals surface area contributed by atoms with E-state index in [0.717, 1.165) is 25.9 Å². The molecule has 0 bridgehead atoms. The fourth-order valence-electron chi connectivity index (χ4n) is 3.31. The lowest BCUT2D eigenvalue weighted by Gasteiger charge is -2.25. The molecule has 3 saturated heterocycles. The number of hydrogen-bond acceptors (Lipinski definition) is 4. The number of nitrogens with one attached hydrogen (secondary N) is 3. The Hall–Kier alpha value is -1.63. The fraction of sp³-hybridized carbons (Fsp3) is 0.769. The lowest BCUT2D eigenvalue weighted by atomic mass is 9.95. The Morgan fingerprint density at radius 3 is 2.90 bits per heavy atom. The van der Waals surface area contributed by atoms with Crippen LogP contribution in [0.3, 0.4) is 0 Å². The first kappa shape index (κ1) is 13.4. The molecule has 2 unspecified atom stereocenters. The van der Waals surface area contributed by atoms with Crippen LogP contribution >= 0.6 is 0 Å².